The topological polar surface area (TPSA) is 198 Å². The van der Waals surface area contributed by atoms with E-state index in [4.69, 9.17) is 30.9 Å². The zero-order chi connectivity index (χ0) is 28.6. The number of primary sulfonamides is 1. The summed E-state index contributed by atoms with van der Waals surface area (Å²) in [6, 6.07) is 20.5. The highest BCUT2D eigenvalue weighted by atomic mass is 32.2. The molecule has 4 rings (SSSR count). The Balaban J connectivity index is 0.000000983. The Hall–Kier alpha value is -4.26. The molecule has 0 spiro atoms. The van der Waals surface area contributed by atoms with Crippen LogP contribution < -0.4 is 21.5 Å². The molecular weight excluding hydrogens is 522 g/mol. The lowest BCUT2D eigenvalue weighted by molar-refractivity contribution is -0.134. The molecule has 1 saturated heterocycles. The second kappa shape index (κ2) is 12.5. The quantitative estimate of drug-likeness (QED) is 0.189. The van der Waals surface area contributed by atoms with Crippen molar-refractivity contribution in [1.82, 2.24) is 0 Å². The highest BCUT2D eigenvalue weighted by Crippen LogP contribution is 2.30. The van der Waals surface area contributed by atoms with Crippen LogP contribution in [0.2, 0.25) is 0 Å². The van der Waals surface area contributed by atoms with Crippen molar-refractivity contribution in [3.63, 3.8) is 0 Å². The van der Waals surface area contributed by atoms with Gasteiger partial charge in [0.15, 0.2) is 0 Å². The minimum Gasteiger partial charge on any atom is -0.481 e. The van der Waals surface area contributed by atoms with Crippen LogP contribution in [-0.4, -0.2) is 50.0 Å². The molecule has 3 aromatic rings. The number of hydrogen-bond acceptors (Lipinski definition) is 7. The largest absolute Gasteiger partial charge is 0.481 e. The van der Waals surface area contributed by atoms with Crippen LogP contribution in [0.5, 0.6) is 0 Å². The smallest absolute Gasteiger partial charge is 0.300 e. The van der Waals surface area contributed by atoms with Gasteiger partial charge in [0.25, 0.3) is 5.97 Å². The summed E-state index contributed by atoms with van der Waals surface area (Å²) >= 11 is 0. The zero-order valence-corrected chi connectivity index (χ0v) is 22.1. The molecule has 0 bridgehead atoms. The van der Waals surface area contributed by atoms with Gasteiger partial charge in [-0.1, -0.05) is 42.5 Å². The molecule has 12 heteroatoms. The number of rotatable bonds is 7. The highest BCUT2D eigenvalue weighted by Gasteiger charge is 2.40. The number of nitrogens with one attached hydrogen (secondary N) is 3. The lowest BCUT2D eigenvalue weighted by Crippen LogP contribution is -2.53. The molecule has 1 fully saturated rings. The SMILES string of the molecule is CC(=O)O.N=C(N)c1cccc(NC2(C(=O)Nc3ccc(-c4ccccc4S(N)(=O)=O)cc3)CCOCC2)c1. The number of amides is 1. The van der Waals surface area contributed by atoms with E-state index in [1.165, 1.54) is 6.07 Å². The standard InChI is InChI=1S/C25H27N5O4S.C2H4O2/c26-23(27)18-4-3-5-20(16-18)30-25(12-14-34-15-13-25)24(31)29-19-10-8-17(9-11-19)21-6-1-2-7-22(21)35(28,32)33;1-2(3)4/h1-11,16,30H,12-15H2,(H3,26,27)(H,29,31)(H2,28,32,33);1H3,(H,3,4). The maximum Gasteiger partial charge on any atom is 0.300 e. The third-order valence-electron chi connectivity index (χ3n) is 5.99. The first-order valence-electron chi connectivity index (χ1n) is 11.9. The van der Waals surface area contributed by atoms with Crippen molar-refractivity contribution < 1.29 is 27.9 Å². The predicted octanol–water partition coefficient (Wildman–Crippen LogP) is 2.98. The average Bonchev–Trinajstić information content (AvgIpc) is 2.89. The Morgan fingerprint density at radius 3 is 2.18 bits per heavy atom. The van der Waals surface area contributed by atoms with E-state index in [0.29, 0.717) is 54.1 Å². The number of amidine groups is 1. The molecule has 206 valence electrons. The maximum absolute atomic E-state index is 13.5. The zero-order valence-electron chi connectivity index (χ0n) is 21.3. The van der Waals surface area contributed by atoms with E-state index in [1.807, 2.05) is 6.07 Å². The highest BCUT2D eigenvalue weighted by molar-refractivity contribution is 7.89. The molecule has 3 aromatic carbocycles. The number of carboxylic acids is 1. The second-order valence-corrected chi connectivity index (χ2v) is 10.4. The normalized spacial score (nSPS) is 14.3. The van der Waals surface area contributed by atoms with Crippen molar-refractivity contribution in [3.8, 4) is 11.1 Å². The van der Waals surface area contributed by atoms with Gasteiger partial charge in [0.05, 0.1) is 4.90 Å². The van der Waals surface area contributed by atoms with Gasteiger partial charge in [-0.15, -0.1) is 0 Å². The predicted molar refractivity (Wildman–Crippen MR) is 149 cm³/mol. The molecule has 1 aliphatic heterocycles. The van der Waals surface area contributed by atoms with Crippen molar-refractivity contribution in [2.75, 3.05) is 23.8 Å². The Morgan fingerprint density at radius 2 is 1.59 bits per heavy atom. The van der Waals surface area contributed by atoms with Crippen LogP contribution in [0.15, 0.2) is 77.7 Å². The van der Waals surface area contributed by atoms with Crippen molar-refractivity contribution >= 4 is 39.1 Å². The van der Waals surface area contributed by atoms with Gasteiger partial charge in [-0.3, -0.25) is 15.0 Å². The van der Waals surface area contributed by atoms with E-state index < -0.39 is 21.5 Å². The van der Waals surface area contributed by atoms with Crippen molar-refractivity contribution in [2.45, 2.75) is 30.2 Å². The van der Waals surface area contributed by atoms with Gasteiger partial charge < -0.3 is 26.2 Å². The van der Waals surface area contributed by atoms with Crippen LogP contribution in [0.1, 0.15) is 25.3 Å². The molecule has 8 N–H and O–H groups in total. The Labute approximate surface area is 226 Å². The van der Waals surface area contributed by atoms with E-state index in [0.717, 1.165) is 6.92 Å². The number of benzene rings is 3. The minimum atomic E-state index is -3.88. The Kier molecular flexibility index (Phi) is 9.41. The summed E-state index contributed by atoms with van der Waals surface area (Å²) in [4.78, 5) is 22.5. The number of nitrogen functional groups attached to an aromatic ring is 1. The molecule has 0 saturated carbocycles. The summed E-state index contributed by atoms with van der Waals surface area (Å²) in [6.45, 7) is 1.94. The number of ether oxygens (including phenoxy) is 1. The minimum absolute atomic E-state index is 0.0370. The van der Waals surface area contributed by atoms with Gasteiger partial charge in [-0.25, -0.2) is 13.6 Å². The molecule has 0 unspecified atom stereocenters. The van der Waals surface area contributed by atoms with Crippen molar-refractivity contribution in [2.24, 2.45) is 10.9 Å². The number of nitrogens with two attached hydrogens (primary N) is 2. The Bertz CT molecular complexity index is 1450. The number of sulfonamides is 1. The van der Waals surface area contributed by atoms with Crippen LogP contribution in [0.25, 0.3) is 11.1 Å². The Morgan fingerprint density at radius 1 is 0.974 bits per heavy atom. The molecule has 1 amide bonds. The number of hydrogen-bond donors (Lipinski definition) is 6. The summed E-state index contributed by atoms with van der Waals surface area (Å²) < 4.78 is 29.4. The van der Waals surface area contributed by atoms with Gasteiger partial charge >= 0.3 is 0 Å². The first-order valence-corrected chi connectivity index (χ1v) is 13.5. The molecule has 1 aliphatic rings. The van der Waals surface area contributed by atoms with Gasteiger partial charge in [-0.2, -0.15) is 0 Å². The van der Waals surface area contributed by atoms with Crippen LogP contribution in [-0.2, 0) is 24.3 Å². The molecule has 1 heterocycles. The molecule has 0 atom stereocenters. The van der Waals surface area contributed by atoms with Crippen molar-refractivity contribution in [3.05, 3.63) is 78.4 Å². The van der Waals surface area contributed by atoms with Crippen LogP contribution in [0.4, 0.5) is 11.4 Å². The molecule has 0 radical (unpaired) electrons. The fourth-order valence-electron chi connectivity index (χ4n) is 4.11. The van der Waals surface area contributed by atoms with Gasteiger partial charge in [0.1, 0.15) is 11.4 Å². The summed E-state index contributed by atoms with van der Waals surface area (Å²) in [5.74, 6) is -1.10. The van der Waals surface area contributed by atoms with E-state index in [2.05, 4.69) is 10.6 Å². The lowest BCUT2D eigenvalue weighted by Gasteiger charge is -2.37. The van der Waals surface area contributed by atoms with E-state index in [1.54, 1.807) is 60.7 Å². The number of carbonyl (C=O) groups excluding carboxylic acids is 1. The lowest BCUT2D eigenvalue weighted by atomic mass is 9.88. The number of anilines is 2. The summed E-state index contributed by atoms with van der Waals surface area (Å²) in [5.41, 5.74) is 7.66. The first-order chi connectivity index (χ1) is 18.4. The van der Waals surface area contributed by atoms with Crippen LogP contribution in [0.3, 0.4) is 0 Å². The number of carbonyl (C=O) groups is 2. The third-order valence-corrected chi connectivity index (χ3v) is 6.95. The number of carboxylic acid groups (broad SMARTS) is 1. The summed E-state index contributed by atoms with van der Waals surface area (Å²) in [6.07, 6.45) is 0.923. The molecule has 39 heavy (non-hydrogen) atoms. The van der Waals surface area contributed by atoms with Crippen LogP contribution in [0, 0.1) is 5.41 Å². The van der Waals surface area contributed by atoms with Crippen molar-refractivity contribution in [1.29, 1.82) is 5.41 Å². The molecule has 11 nitrogen and oxygen atoms in total. The molecular formula is C27H31N5O6S. The van der Waals surface area contributed by atoms with E-state index >= 15 is 0 Å². The van der Waals surface area contributed by atoms with E-state index in [9.17, 15) is 13.2 Å². The fraction of sp³-hybridized carbons (Fsp3) is 0.222. The van der Waals surface area contributed by atoms with Gasteiger partial charge in [-0.05, 0) is 35.9 Å². The number of aliphatic carboxylic acids is 1. The van der Waals surface area contributed by atoms with Gasteiger partial charge in [0, 0.05) is 55.5 Å². The molecule has 0 aliphatic carbocycles. The summed E-state index contributed by atoms with van der Waals surface area (Å²) in [7, 11) is -3.88. The van der Waals surface area contributed by atoms with E-state index in [-0.39, 0.29) is 16.6 Å². The fourth-order valence-corrected chi connectivity index (χ4v) is 4.87. The first kappa shape index (κ1) is 29.3. The third kappa shape index (κ3) is 7.87. The monoisotopic (exact) mass is 553 g/mol. The average molecular weight is 554 g/mol. The molecule has 0 aromatic heterocycles. The maximum atomic E-state index is 13.5. The second-order valence-electron chi connectivity index (χ2n) is 8.91. The van der Waals surface area contributed by atoms with Gasteiger partial charge in [0.2, 0.25) is 15.9 Å². The van der Waals surface area contributed by atoms with Crippen LogP contribution >= 0.6 is 0 Å². The summed E-state index contributed by atoms with van der Waals surface area (Å²) in [5, 5.41) is 26.8.